The van der Waals surface area contributed by atoms with E-state index in [9.17, 15) is 0 Å². The summed E-state index contributed by atoms with van der Waals surface area (Å²) in [5.41, 5.74) is 0. The van der Waals surface area contributed by atoms with Crippen molar-refractivity contribution in [3.05, 3.63) is 0 Å². The quantitative estimate of drug-likeness (QED) is 0.471. The lowest BCUT2D eigenvalue weighted by Gasteiger charge is -2.22. The highest BCUT2D eigenvalue weighted by atomic mass is 32.2. The molecule has 0 radical (unpaired) electrons. The Bertz CT molecular complexity index is 204. The van der Waals surface area contributed by atoms with E-state index in [1.54, 1.807) is 0 Å². The molecule has 0 bridgehead atoms. The van der Waals surface area contributed by atoms with Gasteiger partial charge in [-0.05, 0) is 26.5 Å². The van der Waals surface area contributed by atoms with E-state index in [-0.39, 0.29) is 0 Å². The summed E-state index contributed by atoms with van der Waals surface area (Å²) >= 11 is 1.88. The van der Waals surface area contributed by atoms with Crippen molar-refractivity contribution in [2.45, 2.75) is 38.4 Å². The van der Waals surface area contributed by atoms with Crippen LogP contribution in [0.3, 0.4) is 0 Å². The number of thioether (sulfide) groups is 1. The van der Waals surface area contributed by atoms with Crippen molar-refractivity contribution in [2.24, 2.45) is 0 Å². The summed E-state index contributed by atoms with van der Waals surface area (Å²) in [6.45, 7) is 12.8. The van der Waals surface area contributed by atoms with Gasteiger partial charge in [0.05, 0.1) is 33.0 Å². The van der Waals surface area contributed by atoms with Gasteiger partial charge in [0.15, 0.2) is 0 Å². The van der Waals surface area contributed by atoms with Crippen molar-refractivity contribution in [3.63, 3.8) is 0 Å². The van der Waals surface area contributed by atoms with E-state index in [2.05, 4.69) is 32.3 Å². The van der Waals surface area contributed by atoms with Crippen molar-refractivity contribution in [1.29, 1.82) is 0 Å². The molecule has 4 nitrogen and oxygen atoms in total. The molecule has 0 fully saturated rings. The topological polar surface area (TPSA) is 39.7 Å². The van der Waals surface area contributed by atoms with Crippen molar-refractivity contribution in [3.8, 4) is 0 Å². The summed E-state index contributed by atoms with van der Waals surface area (Å²) < 4.78 is 16.6. The van der Waals surface area contributed by atoms with Crippen LogP contribution in [0.2, 0.25) is 0 Å². The number of ether oxygens (including phenoxy) is 3. The van der Waals surface area contributed by atoms with E-state index in [0.29, 0.717) is 31.2 Å². The van der Waals surface area contributed by atoms with Crippen LogP contribution in [0.4, 0.5) is 0 Å². The maximum Gasteiger partial charge on any atom is 0.0701 e. The maximum atomic E-state index is 5.49. The molecule has 0 amide bonds. The summed E-state index contributed by atoms with van der Waals surface area (Å²) in [7, 11) is 0. The van der Waals surface area contributed by atoms with Crippen LogP contribution in [-0.2, 0) is 14.2 Å². The van der Waals surface area contributed by atoms with Gasteiger partial charge in [-0.25, -0.2) is 0 Å². The first-order chi connectivity index (χ1) is 9.62. The summed E-state index contributed by atoms with van der Waals surface area (Å²) in [4.78, 5) is 0. The minimum absolute atomic E-state index is 0.293. The van der Waals surface area contributed by atoms with Crippen molar-refractivity contribution < 1.29 is 14.2 Å². The highest BCUT2D eigenvalue weighted by molar-refractivity contribution is 7.99. The zero-order valence-corrected chi connectivity index (χ0v) is 14.5. The van der Waals surface area contributed by atoms with Crippen LogP contribution in [0.15, 0.2) is 0 Å². The van der Waals surface area contributed by atoms with Gasteiger partial charge in [0, 0.05) is 24.4 Å². The fraction of sp³-hybridized carbons (Fsp3) is 1.00. The average molecular weight is 308 g/mol. The van der Waals surface area contributed by atoms with Crippen LogP contribution >= 0.6 is 11.8 Å². The van der Waals surface area contributed by atoms with Gasteiger partial charge < -0.3 is 19.5 Å². The van der Waals surface area contributed by atoms with E-state index in [4.69, 9.17) is 14.2 Å². The first-order valence-electron chi connectivity index (χ1n) is 7.61. The number of unbranched alkanes of at least 4 members (excludes halogenated alkanes) is 1. The first-order valence-corrected chi connectivity index (χ1v) is 8.84. The van der Waals surface area contributed by atoms with Gasteiger partial charge in [-0.1, -0.05) is 13.3 Å². The van der Waals surface area contributed by atoms with Crippen LogP contribution in [0, 0.1) is 0 Å². The minimum Gasteiger partial charge on any atom is -0.379 e. The zero-order chi connectivity index (χ0) is 15.1. The second kappa shape index (κ2) is 14.1. The Labute approximate surface area is 129 Å². The molecule has 0 unspecified atom stereocenters. The third-order valence-electron chi connectivity index (χ3n) is 2.91. The molecule has 0 rings (SSSR count). The molecule has 0 aliphatic heterocycles. The maximum absolute atomic E-state index is 5.49. The fourth-order valence-electron chi connectivity index (χ4n) is 1.39. The van der Waals surface area contributed by atoms with E-state index >= 15 is 0 Å². The van der Waals surface area contributed by atoms with Crippen LogP contribution in [0.25, 0.3) is 0 Å². The largest absolute Gasteiger partial charge is 0.379 e. The molecule has 0 heterocycles. The highest BCUT2D eigenvalue weighted by Crippen LogP contribution is 2.19. The monoisotopic (exact) mass is 307 g/mol. The van der Waals surface area contributed by atoms with Crippen molar-refractivity contribution >= 4 is 11.8 Å². The summed E-state index contributed by atoms with van der Waals surface area (Å²) in [5.74, 6) is 0. The SMILES string of the molecule is CCCCOCCOCCOCCNCC(C)(C)SC. The molecule has 0 saturated carbocycles. The number of rotatable bonds is 15. The van der Waals surface area contributed by atoms with Gasteiger partial charge in [-0.3, -0.25) is 0 Å². The van der Waals surface area contributed by atoms with E-state index in [1.165, 1.54) is 6.42 Å². The van der Waals surface area contributed by atoms with Crippen molar-refractivity contribution in [2.75, 3.05) is 59.0 Å². The van der Waals surface area contributed by atoms with Crippen LogP contribution in [0.5, 0.6) is 0 Å². The molecule has 1 N–H and O–H groups in total. The Hall–Kier alpha value is 0.190. The first kappa shape index (κ1) is 20.2. The van der Waals surface area contributed by atoms with Gasteiger partial charge in [-0.2, -0.15) is 11.8 Å². The Balaban J connectivity index is 3.06. The lowest BCUT2D eigenvalue weighted by atomic mass is 10.2. The second-order valence-corrected chi connectivity index (χ2v) is 6.84. The highest BCUT2D eigenvalue weighted by Gasteiger charge is 2.14. The molecular weight excluding hydrogens is 274 g/mol. The summed E-state index contributed by atoms with van der Waals surface area (Å²) in [6.07, 6.45) is 4.45. The summed E-state index contributed by atoms with van der Waals surface area (Å²) in [6, 6.07) is 0. The zero-order valence-electron chi connectivity index (χ0n) is 13.7. The van der Waals surface area contributed by atoms with Gasteiger partial charge in [0.25, 0.3) is 0 Å². The molecule has 0 aromatic rings. The lowest BCUT2D eigenvalue weighted by Crippen LogP contribution is -2.34. The predicted octanol–water partition coefficient (Wildman–Crippen LogP) is 2.57. The Morgan fingerprint density at radius 1 is 0.900 bits per heavy atom. The molecule has 122 valence electrons. The van der Waals surface area contributed by atoms with E-state index < -0.39 is 0 Å². The third kappa shape index (κ3) is 14.6. The molecule has 0 saturated heterocycles. The molecule has 0 aromatic carbocycles. The molecule has 5 heteroatoms. The molecule has 20 heavy (non-hydrogen) atoms. The van der Waals surface area contributed by atoms with Gasteiger partial charge in [0.2, 0.25) is 0 Å². The average Bonchev–Trinajstić information content (AvgIpc) is 2.44. The normalized spacial score (nSPS) is 12.0. The number of hydrogen-bond acceptors (Lipinski definition) is 5. The number of nitrogens with one attached hydrogen (secondary N) is 1. The fourth-order valence-corrected chi connectivity index (χ4v) is 1.64. The molecular formula is C15H33NO3S. The van der Waals surface area contributed by atoms with Crippen LogP contribution < -0.4 is 5.32 Å². The molecule has 0 aromatic heterocycles. The lowest BCUT2D eigenvalue weighted by molar-refractivity contribution is 0.0146. The third-order valence-corrected chi connectivity index (χ3v) is 4.16. The van der Waals surface area contributed by atoms with E-state index in [0.717, 1.165) is 32.7 Å². The van der Waals surface area contributed by atoms with Gasteiger partial charge in [-0.15, -0.1) is 0 Å². The molecule has 0 atom stereocenters. The van der Waals surface area contributed by atoms with Crippen LogP contribution in [-0.4, -0.2) is 63.7 Å². The molecule has 0 aliphatic rings. The molecule has 0 spiro atoms. The van der Waals surface area contributed by atoms with Gasteiger partial charge >= 0.3 is 0 Å². The van der Waals surface area contributed by atoms with Crippen molar-refractivity contribution in [1.82, 2.24) is 5.32 Å². The smallest absolute Gasteiger partial charge is 0.0701 e. The van der Waals surface area contributed by atoms with Gasteiger partial charge in [0.1, 0.15) is 0 Å². The van der Waals surface area contributed by atoms with Crippen LogP contribution in [0.1, 0.15) is 33.6 Å². The standard InChI is InChI=1S/C15H33NO3S/c1-5-6-8-17-10-12-19-13-11-18-9-7-16-14-15(2,3)20-4/h16H,5-14H2,1-4H3. The predicted molar refractivity (Wildman–Crippen MR) is 87.8 cm³/mol. The second-order valence-electron chi connectivity index (χ2n) is 5.33. The summed E-state index contributed by atoms with van der Waals surface area (Å²) in [5, 5.41) is 3.40. The Kier molecular flexibility index (Phi) is 14.3. The number of hydrogen-bond donors (Lipinski definition) is 1. The Morgan fingerprint density at radius 3 is 2.00 bits per heavy atom. The molecule has 0 aliphatic carbocycles. The minimum atomic E-state index is 0.293. The Morgan fingerprint density at radius 2 is 1.45 bits per heavy atom. The van der Waals surface area contributed by atoms with E-state index in [1.807, 2.05) is 11.8 Å².